The van der Waals surface area contributed by atoms with Crippen molar-refractivity contribution < 1.29 is 19.2 Å². The number of hydrogen-bond donors (Lipinski definition) is 1. The van der Waals surface area contributed by atoms with Gasteiger partial charge in [0.1, 0.15) is 5.60 Å². The Bertz CT molecular complexity index is 855. The number of amidine groups is 1. The van der Waals surface area contributed by atoms with Crippen LogP contribution in [0.4, 0.5) is 5.69 Å². The van der Waals surface area contributed by atoms with Gasteiger partial charge in [0.2, 0.25) is 5.91 Å². The Kier molecular flexibility index (Phi) is 6.04. The van der Waals surface area contributed by atoms with Crippen LogP contribution in [0.5, 0.6) is 0 Å². The fourth-order valence-electron chi connectivity index (χ4n) is 2.43. The molecule has 1 atom stereocenters. The summed E-state index contributed by atoms with van der Waals surface area (Å²) in [4.78, 5) is 39.1. The molecule has 1 unspecified atom stereocenters. The van der Waals surface area contributed by atoms with Crippen molar-refractivity contribution in [2.45, 2.75) is 45.5 Å². The van der Waals surface area contributed by atoms with Crippen molar-refractivity contribution in [1.82, 2.24) is 5.32 Å². The number of thioether (sulfide) groups is 1. The highest BCUT2D eigenvalue weighted by atomic mass is 32.2. The van der Waals surface area contributed by atoms with Gasteiger partial charge >= 0.3 is 5.97 Å². The zero-order valence-electron chi connectivity index (χ0n) is 15.7. The van der Waals surface area contributed by atoms with E-state index < -0.39 is 21.7 Å². The van der Waals surface area contributed by atoms with Gasteiger partial charge in [0, 0.05) is 19.1 Å². The molecule has 1 aliphatic heterocycles. The lowest BCUT2D eigenvalue weighted by atomic mass is 10.0. The molecule has 1 aromatic carbocycles. The number of benzene rings is 1. The van der Waals surface area contributed by atoms with Gasteiger partial charge in [0.05, 0.1) is 21.4 Å². The van der Waals surface area contributed by atoms with Crippen LogP contribution in [-0.4, -0.2) is 27.6 Å². The standard InChI is InChI=1S/C18H21N3O5S/c1-10-14(16(23)26-18(3,4)5)15(27-17(19-10)20-11(2)22)12-7-6-8-13(9-12)21(24)25/h6-9,15H,1-5H3,(H,19,20,22). The van der Waals surface area contributed by atoms with Crippen molar-refractivity contribution in [2.75, 3.05) is 0 Å². The van der Waals surface area contributed by atoms with Crippen LogP contribution in [0.25, 0.3) is 0 Å². The van der Waals surface area contributed by atoms with Crippen LogP contribution in [-0.2, 0) is 14.3 Å². The van der Waals surface area contributed by atoms with E-state index in [1.54, 1.807) is 39.8 Å². The molecule has 1 N–H and O–H groups in total. The van der Waals surface area contributed by atoms with Crippen LogP contribution in [0.3, 0.4) is 0 Å². The number of nitrogens with one attached hydrogen (secondary N) is 1. The summed E-state index contributed by atoms with van der Waals surface area (Å²) in [6.07, 6.45) is 0. The van der Waals surface area contributed by atoms with E-state index in [1.807, 2.05) is 0 Å². The zero-order valence-corrected chi connectivity index (χ0v) is 16.5. The van der Waals surface area contributed by atoms with E-state index in [1.165, 1.54) is 19.1 Å². The monoisotopic (exact) mass is 391 g/mol. The molecule has 0 saturated heterocycles. The minimum absolute atomic E-state index is 0.0853. The number of rotatable bonds is 3. The highest BCUT2D eigenvalue weighted by Gasteiger charge is 2.34. The van der Waals surface area contributed by atoms with Gasteiger partial charge in [-0.3, -0.25) is 14.9 Å². The molecule has 0 aromatic heterocycles. The molecular weight excluding hydrogens is 370 g/mol. The van der Waals surface area contributed by atoms with E-state index >= 15 is 0 Å². The summed E-state index contributed by atoms with van der Waals surface area (Å²) in [5.74, 6) is -0.845. The number of ether oxygens (including phenoxy) is 1. The van der Waals surface area contributed by atoms with Gasteiger partial charge in [-0.2, -0.15) is 0 Å². The van der Waals surface area contributed by atoms with Crippen molar-refractivity contribution in [2.24, 2.45) is 4.99 Å². The average molecular weight is 391 g/mol. The summed E-state index contributed by atoms with van der Waals surface area (Å²) in [5.41, 5.74) is 0.446. The third-order valence-corrected chi connectivity index (χ3v) is 4.60. The first-order chi connectivity index (χ1) is 12.5. The maximum absolute atomic E-state index is 12.8. The highest BCUT2D eigenvalue weighted by molar-refractivity contribution is 8.14. The van der Waals surface area contributed by atoms with E-state index in [-0.39, 0.29) is 11.6 Å². The molecule has 0 bridgehead atoms. The van der Waals surface area contributed by atoms with Crippen LogP contribution >= 0.6 is 11.8 Å². The molecular formula is C18H21N3O5S. The predicted octanol–water partition coefficient (Wildman–Crippen LogP) is 3.49. The third kappa shape index (κ3) is 5.40. The summed E-state index contributed by atoms with van der Waals surface area (Å²) in [7, 11) is 0. The maximum Gasteiger partial charge on any atom is 0.337 e. The lowest BCUT2D eigenvalue weighted by molar-refractivity contribution is -0.384. The summed E-state index contributed by atoms with van der Waals surface area (Å²) in [6, 6.07) is 6.04. The second-order valence-corrected chi connectivity index (χ2v) is 8.04. The molecule has 9 heteroatoms. The number of nitrogens with zero attached hydrogens (tertiary/aromatic N) is 2. The van der Waals surface area contributed by atoms with Gasteiger partial charge in [0.25, 0.3) is 5.69 Å². The number of carbonyl (C=O) groups is 2. The Balaban J connectivity index is 2.52. The van der Waals surface area contributed by atoms with Crippen molar-refractivity contribution in [3.05, 3.63) is 51.2 Å². The van der Waals surface area contributed by atoms with Crippen molar-refractivity contribution in [3.63, 3.8) is 0 Å². The number of carbonyl (C=O) groups excluding carboxylic acids is 2. The average Bonchev–Trinajstić information content (AvgIpc) is 2.51. The minimum atomic E-state index is -0.704. The summed E-state index contributed by atoms with van der Waals surface area (Å²) in [6.45, 7) is 8.26. The van der Waals surface area contributed by atoms with Crippen molar-refractivity contribution >= 4 is 34.5 Å². The quantitative estimate of drug-likeness (QED) is 0.480. The van der Waals surface area contributed by atoms with Crippen LogP contribution in [0, 0.1) is 10.1 Å². The molecule has 1 heterocycles. The topological polar surface area (TPSA) is 111 Å². The normalized spacial score (nSPS) is 17.2. The first kappa shape index (κ1) is 20.6. The fraction of sp³-hybridized carbons (Fsp3) is 0.389. The lowest BCUT2D eigenvalue weighted by Crippen LogP contribution is -2.32. The molecule has 1 aliphatic rings. The second-order valence-electron chi connectivity index (χ2n) is 6.95. The first-order valence-electron chi connectivity index (χ1n) is 8.19. The number of aliphatic imine (C=N–C) groups is 1. The fourth-order valence-corrected chi connectivity index (χ4v) is 3.71. The smallest absolute Gasteiger partial charge is 0.337 e. The Morgan fingerprint density at radius 2 is 2.00 bits per heavy atom. The Morgan fingerprint density at radius 1 is 1.33 bits per heavy atom. The minimum Gasteiger partial charge on any atom is -0.457 e. The molecule has 27 heavy (non-hydrogen) atoms. The van der Waals surface area contributed by atoms with E-state index in [0.29, 0.717) is 22.0 Å². The molecule has 0 aliphatic carbocycles. The number of nitro groups is 1. The molecule has 1 amide bonds. The van der Waals surface area contributed by atoms with Crippen LogP contribution < -0.4 is 5.32 Å². The number of amides is 1. The second kappa shape index (κ2) is 7.91. The molecule has 144 valence electrons. The Morgan fingerprint density at radius 3 is 2.56 bits per heavy atom. The van der Waals surface area contributed by atoms with Crippen LogP contribution in [0.2, 0.25) is 0 Å². The van der Waals surface area contributed by atoms with E-state index in [4.69, 9.17) is 4.74 Å². The maximum atomic E-state index is 12.8. The number of hydrogen-bond acceptors (Lipinski definition) is 7. The molecule has 2 rings (SSSR count). The van der Waals surface area contributed by atoms with Gasteiger partial charge < -0.3 is 10.1 Å². The molecule has 0 spiro atoms. The van der Waals surface area contributed by atoms with Gasteiger partial charge in [-0.05, 0) is 33.3 Å². The van der Waals surface area contributed by atoms with Gasteiger partial charge in [-0.15, -0.1) is 0 Å². The summed E-state index contributed by atoms with van der Waals surface area (Å²) < 4.78 is 5.49. The third-order valence-electron chi connectivity index (χ3n) is 3.44. The van der Waals surface area contributed by atoms with E-state index in [2.05, 4.69) is 10.3 Å². The molecule has 1 aromatic rings. The predicted molar refractivity (Wildman–Crippen MR) is 103 cm³/mol. The zero-order chi connectivity index (χ0) is 20.4. The number of nitro benzene ring substituents is 1. The number of non-ortho nitro benzene ring substituents is 1. The molecule has 0 fully saturated rings. The van der Waals surface area contributed by atoms with Gasteiger partial charge in [-0.25, -0.2) is 9.79 Å². The van der Waals surface area contributed by atoms with E-state index in [0.717, 1.165) is 11.8 Å². The van der Waals surface area contributed by atoms with Gasteiger partial charge in [-0.1, -0.05) is 23.9 Å². The Labute approximate surface area is 161 Å². The number of allylic oxidation sites excluding steroid dienone is 1. The van der Waals surface area contributed by atoms with Crippen molar-refractivity contribution in [3.8, 4) is 0 Å². The van der Waals surface area contributed by atoms with E-state index in [9.17, 15) is 19.7 Å². The molecule has 0 saturated carbocycles. The largest absolute Gasteiger partial charge is 0.457 e. The van der Waals surface area contributed by atoms with Crippen molar-refractivity contribution in [1.29, 1.82) is 0 Å². The number of esters is 1. The molecule has 8 nitrogen and oxygen atoms in total. The summed E-state index contributed by atoms with van der Waals surface area (Å²) >= 11 is 1.14. The summed E-state index contributed by atoms with van der Waals surface area (Å²) in [5, 5.41) is 13.5. The SMILES string of the molecule is CC(=O)NC1=NC(C)=C(C(=O)OC(C)(C)C)C(c2cccc([N+](=O)[O-])c2)S1. The van der Waals surface area contributed by atoms with Crippen LogP contribution in [0.1, 0.15) is 45.4 Å². The Hall–Kier alpha value is -2.68. The molecule has 0 radical (unpaired) electrons. The highest BCUT2D eigenvalue weighted by Crippen LogP contribution is 2.43. The van der Waals surface area contributed by atoms with Gasteiger partial charge in [0.15, 0.2) is 5.17 Å². The first-order valence-corrected chi connectivity index (χ1v) is 9.07. The van der Waals surface area contributed by atoms with Crippen LogP contribution in [0.15, 0.2) is 40.5 Å². The lowest BCUT2D eigenvalue weighted by Gasteiger charge is -2.28.